The molecular formula is C33H37F2NO4. The summed E-state index contributed by atoms with van der Waals surface area (Å²) in [7, 11) is 1.51. The van der Waals surface area contributed by atoms with Crippen LogP contribution in [0.1, 0.15) is 87.3 Å². The van der Waals surface area contributed by atoms with Gasteiger partial charge in [0.05, 0.1) is 19.7 Å². The molecule has 0 radical (unpaired) electrons. The third-order valence-electron chi connectivity index (χ3n) is 8.58. The van der Waals surface area contributed by atoms with E-state index in [1.807, 2.05) is 12.1 Å². The van der Waals surface area contributed by atoms with Crippen molar-refractivity contribution in [3.05, 3.63) is 77.0 Å². The van der Waals surface area contributed by atoms with Gasteiger partial charge in [-0.05, 0) is 76.8 Å². The number of benzene rings is 2. The summed E-state index contributed by atoms with van der Waals surface area (Å²) < 4.78 is 41.0. The van der Waals surface area contributed by atoms with E-state index in [1.54, 1.807) is 12.1 Å². The molecule has 1 heterocycles. The molecule has 3 aromatic rings. The van der Waals surface area contributed by atoms with Crippen molar-refractivity contribution in [1.82, 2.24) is 4.98 Å². The minimum Gasteiger partial charge on any atom is -0.489 e. The van der Waals surface area contributed by atoms with Crippen LogP contribution in [-0.2, 0) is 11.4 Å². The number of carbonyl (C=O) groups is 1. The number of ether oxygens (including phenoxy) is 2. The lowest BCUT2D eigenvalue weighted by Gasteiger charge is -2.30. The van der Waals surface area contributed by atoms with Crippen LogP contribution >= 0.6 is 0 Å². The highest BCUT2D eigenvalue weighted by Crippen LogP contribution is 2.51. The Labute approximate surface area is 234 Å². The Hall–Kier alpha value is -3.48. The number of carboxylic acids is 1. The molecule has 2 aromatic carbocycles. The Morgan fingerprint density at radius 3 is 2.58 bits per heavy atom. The normalized spacial score (nSPS) is 18.9. The SMILES string of the molecule is COc1cc(-c2ccc(COc3cc(F)cc([C@@H](CC(=O)O)CC4CC4)c3)cc2[C@@H]2CCCC2(C)C)c(F)cn1. The zero-order chi connectivity index (χ0) is 28.4. The maximum atomic E-state index is 15.0. The molecule has 0 bridgehead atoms. The molecule has 0 saturated heterocycles. The average molecular weight is 550 g/mol. The number of hydrogen-bond donors (Lipinski definition) is 1. The van der Waals surface area contributed by atoms with E-state index in [0.717, 1.165) is 55.2 Å². The highest BCUT2D eigenvalue weighted by molar-refractivity contribution is 5.70. The lowest BCUT2D eigenvalue weighted by Crippen LogP contribution is -2.17. The molecule has 212 valence electrons. The fourth-order valence-electron chi connectivity index (χ4n) is 6.25. The van der Waals surface area contributed by atoms with Crippen LogP contribution in [0, 0.1) is 23.0 Å². The van der Waals surface area contributed by atoms with E-state index < -0.39 is 17.6 Å². The second-order valence-electron chi connectivity index (χ2n) is 12.0. The van der Waals surface area contributed by atoms with Crippen LogP contribution in [-0.4, -0.2) is 23.2 Å². The van der Waals surface area contributed by atoms with Crippen molar-refractivity contribution in [2.75, 3.05) is 7.11 Å². The molecule has 2 saturated carbocycles. The molecule has 2 atom stereocenters. The second-order valence-corrected chi connectivity index (χ2v) is 12.0. The van der Waals surface area contributed by atoms with Crippen LogP contribution < -0.4 is 9.47 Å². The molecule has 7 heteroatoms. The number of aromatic nitrogens is 1. The van der Waals surface area contributed by atoms with Crippen molar-refractivity contribution >= 4 is 5.97 Å². The lowest BCUT2D eigenvalue weighted by atomic mass is 9.75. The van der Waals surface area contributed by atoms with Crippen LogP contribution in [0.4, 0.5) is 8.78 Å². The van der Waals surface area contributed by atoms with Crippen LogP contribution in [0.3, 0.4) is 0 Å². The number of carboxylic acid groups (broad SMARTS) is 1. The number of nitrogens with zero attached hydrogens (tertiary/aromatic N) is 1. The molecule has 1 aromatic heterocycles. The van der Waals surface area contributed by atoms with Gasteiger partial charge in [0.2, 0.25) is 5.88 Å². The van der Waals surface area contributed by atoms with Gasteiger partial charge in [-0.2, -0.15) is 0 Å². The van der Waals surface area contributed by atoms with Gasteiger partial charge in [0.15, 0.2) is 0 Å². The van der Waals surface area contributed by atoms with Crippen molar-refractivity contribution in [1.29, 1.82) is 0 Å². The molecule has 2 fully saturated rings. The van der Waals surface area contributed by atoms with Crippen molar-refractivity contribution in [3.63, 3.8) is 0 Å². The molecule has 40 heavy (non-hydrogen) atoms. The minimum absolute atomic E-state index is 0.0300. The molecule has 2 aliphatic rings. The van der Waals surface area contributed by atoms with E-state index in [1.165, 1.54) is 25.4 Å². The fourth-order valence-corrected chi connectivity index (χ4v) is 6.25. The van der Waals surface area contributed by atoms with Crippen LogP contribution in [0.15, 0.2) is 48.7 Å². The number of halogens is 2. The molecule has 2 aliphatic carbocycles. The summed E-state index contributed by atoms with van der Waals surface area (Å²) in [5.41, 5.74) is 3.93. The van der Waals surface area contributed by atoms with E-state index in [9.17, 15) is 14.3 Å². The number of methoxy groups -OCH3 is 1. The summed E-state index contributed by atoms with van der Waals surface area (Å²) in [6.07, 6.45) is 7.30. The van der Waals surface area contributed by atoms with Gasteiger partial charge in [-0.1, -0.05) is 51.3 Å². The Kier molecular flexibility index (Phi) is 8.11. The van der Waals surface area contributed by atoms with Crippen LogP contribution in [0.5, 0.6) is 11.6 Å². The Bertz CT molecular complexity index is 1380. The maximum Gasteiger partial charge on any atom is 0.303 e. The molecule has 0 unspecified atom stereocenters. The van der Waals surface area contributed by atoms with E-state index in [2.05, 4.69) is 24.9 Å². The number of rotatable bonds is 11. The Morgan fingerprint density at radius 2 is 1.90 bits per heavy atom. The molecule has 5 nitrogen and oxygen atoms in total. The first-order valence-electron chi connectivity index (χ1n) is 14.1. The first-order valence-corrected chi connectivity index (χ1v) is 14.1. The highest BCUT2D eigenvalue weighted by atomic mass is 19.1. The summed E-state index contributed by atoms with van der Waals surface area (Å²) in [4.78, 5) is 15.5. The first kappa shape index (κ1) is 28.1. The first-order chi connectivity index (χ1) is 19.1. The third kappa shape index (κ3) is 6.45. The van der Waals surface area contributed by atoms with Gasteiger partial charge < -0.3 is 14.6 Å². The molecule has 0 aliphatic heterocycles. The van der Waals surface area contributed by atoms with Gasteiger partial charge in [-0.25, -0.2) is 13.8 Å². The van der Waals surface area contributed by atoms with Crippen LogP contribution in [0.2, 0.25) is 0 Å². The van der Waals surface area contributed by atoms with E-state index in [-0.39, 0.29) is 30.3 Å². The van der Waals surface area contributed by atoms with Gasteiger partial charge in [0, 0.05) is 17.7 Å². The fraction of sp³-hybridized carbons (Fsp3) is 0.455. The van der Waals surface area contributed by atoms with Crippen molar-refractivity contribution in [2.24, 2.45) is 11.3 Å². The zero-order valence-electron chi connectivity index (χ0n) is 23.4. The number of aliphatic carboxylic acids is 1. The monoisotopic (exact) mass is 549 g/mol. The van der Waals surface area contributed by atoms with Gasteiger partial charge in [-0.15, -0.1) is 0 Å². The molecule has 5 rings (SSSR count). The maximum absolute atomic E-state index is 15.0. The predicted molar refractivity (Wildman–Crippen MR) is 150 cm³/mol. The van der Waals surface area contributed by atoms with Gasteiger partial charge in [-0.3, -0.25) is 4.79 Å². The second kappa shape index (κ2) is 11.6. The molecule has 0 spiro atoms. The smallest absolute Gasteiger partial charge is 0.303 e. The van der Waals surface area contributed by atoms with E-state index >= 15 is 4.39 Å². The minimum atomic E-state index is -0.886. The molecular weight excluding hydrogens is 512 g/mol. The van der Waals surface area contributed by atoms with Gasteiger partial charge in [0.1, 0.15) is 24.0 Å². The molecule has 0 amide bonds. The van der Waals surface area contributed by atoms with Crippen molar-refractivity contribution in [2.45, 2.75) is 77.2 Å². The highest BCUT2D eigenvalue weighted by Gasteiger charge is 2.37. The summed E-state index contributed by atoms with van der Waals surface area (Å²) in [6.45, 7) is 4.72. The lowest BCUT2D eigenvalue weighted by molar-refractivity contribution is -0.137. The quantitative estimate of drug-likeness (QED) is 0.261. The van der Waals surface area contributed by atoms with Crippen LogP contribution in [0.25, 0.3) is 11.1 Å². The van der Waals surface area contributed by atoms with E-state index in [4.69, 9.17) is 9.47 Å². The summed E-state index contributed by atoms with van der Waals surface area (Å²) >= 11 is 0. The van der Waals surface area contributed by atoms with E-state index in [0.29, 0.717) is 28.7 Å². The summed E-state index contributed by atoms with van der Waals surface area (Å²) in [6, 6.07) is 12.1. The topological polar surface area (TPSA) is 68.7 Å². The van der Waals surface area contributed by atoms with Crippen molar-refractivity contribution in [3.8, 4) is 22.8 Å². The summed E-state index contributed by atoms with van der Waals surface area (Å²) in [5.74, 6) is -0.502. The zero-order valence-corrected chi connectivity index (χ0v) is 23.4. The molecule has 1 N–H and O–H groups in total. The Morgan fingerprint density at radius 1 is 1.10 bits per heavy atom. The van der Waals surface area contributed by atoms with Crippen molar-refractivity contribution < 1.29 is 28.2 Å². The number of pyridine rings is 1. The summed E-state index contributed by atoms with van der Waals surface area (Å²) in [5, 5.41) is 9.41. The standard InChI is InChI=1S/C33H37F2NO4/c1-33(2)10-4-5-29(33)27-12-21(8-9-26(27)28-17-31(39-3)36-18-30(28)35)19-40-25-14-23(13-24(34)16-25)22(15-32(37)38)11-20-6-7-20/h8-9,12-14,16-18,20,22,29H,4-7,10-11,15,19H2,1-3H3,(H,37,38)/t22-,29+/m1/s1. The predicted octanol–water partition coefficient (Wildman–Crippen LogP) is 8.27. The van der Waals surface area contributed by atoms with Gasteiger partial charge in [0.25, 0.3) is 0 Å². The number of hydrogen-bond acceptors (Lipinski definition) is 4. The largest absolute Gasteiger partial charge is 0.489 e. The van der Waals surface area contributed by atoms with Gasteiger partial charge >= 0.3 is 5.97 Å². The Balaban J connectivity index is 1.44. The average Bonchev–Trinajstić information content (AvgIpc) is 3.66. The third-order valence-corrected chi connectivity index (χ3v) is 8.58.